The Morgan fingerprint density at radius 3 is 3.00 bits per heavy atom. The van der Waals surface area contributed by atoms with Gasteiger partial charge < -0.3 is 4.74 Å². The second kappa shape index (κ2) is 5.14. The number of amides is 1. The van der Waals surface area contributed by atoms with Crippen LogP contribution >= 0.6 is 0 Å². The number of nitrogens with one attached hydrogen (secondary N) is 1. The highest BCUT2D eigenvalue weighted by molar-refractivity contribution is 7.90. The molecule has 1 amide bonds. The summed E-state index contributed by atoms with van der Waals surface area (Å²) < 4.78 is 31.9. The first-order valence-corrected chi connectivity index (χ1v) is 8.13. The molecule has 2 bridgehead atoms. The predicted octanol–water partition coefficient (Wildman–Crippen LogP) is 0.702. The number of hydrogen-bond acceptors (Lipinski definition) is 5. The van der Waals surface area contributed by atoms with Crippen molar-refractivity contribution in [2.45, 2.75) is 30.3 Å². The molecule has 0 unspecified atom stereocenters. The van der Waals surface area contributed by atoms with E-state index < -0.39 is 15.9 Å². The van der Waals surface area contributed by atoms with Gasteiger partial charge in [-0.3, -0.25) is 9.78 Å². The number of sulfonamides is 1. The predicted molar refractivity (Wildman–Crippen MR) is 70.1 cm³/mol. The van der Waals surface area contributed by atoms with E-state index in [-0.39, 0.29) is 22.8 Å². The van der Waals surface area contributed by atoms with Crippen LogP contribution in [0.25, 0.3) is 0 Å². The van der Waals surface area contributed by atoms with Gasteiger partial charge in [-0.05, 0) is 37.3 Å². The topological polar surface area (TPSA) is 85.4 Å². The number of ether oxygens (including phenoxy) is 1. The lowest BCUT2D eigenvalue weighted by molar-refractivity contribution is -0.125. The first-order chi connectivity index (χ1) is 9.56. The second-order valence-corrected chi connectivity index (χ2v) is 6.98. The van der Waals surface area contributed by atoms with Gasteiger partial charge in [-0.15, -0.1) is 0 Å². The smallest absolute Gasteiger partial charge is 0.265 e. The molecular formula is C13H16N2O4S. The van der Waals surface area contributed by atoms with Crippen LogP contribution in [0.3, 0.4) is 0 Å². The Bertz CT molecular complexity index is 602. The number of rotatable bonds is 3. The van der Waals surface area contributed by atoms with Crippen molar-refractivity contribution in [2.75, 3.05) is 6.61 Å². The van der Waals surface area contributed by atoms with Gasteiger partial charge in [0.15, 0.2) is 0 Å². The van der Waals surface area contributed by atoms with Crippen molar-refractivity contribution in [3.63, 3.8) is 0 Å². The Morgan fingerprint density at radius 1 is 1.40 bits per heavy atom. The third-order valence-corrected chi connectivity index (χ3v) is 5.33. The Labute approximate surface area is 117 Å². The summed E-state index contributed by atoms with van der Waals surface area (Å²) in [7, 11) is -3.83. The molecule has 1 aliphatic heterocycles. The Hall–Kier alpha value is -1.47. The number of nitrogens with zero attached hydrogens (tertiary/aromatic N) is 1. The minimum atomic E-state index is -3.83. The largest absolute Gasteiger partial charge is 0.378 e. The molecule has 3 rings (SSSR count). The van der Waals surface area contributed by atoms with Crippen molar-refractivity contribution < 1.29 is 17.9 Å². The van der Waals surface area contributed by atoms with E-state index in [0.29, 0.717) is 13.0 Å². The second-order valence-electron chi connectivity index (χ2n) is 5.29. The molecule has 1 aliphatic carbocycles. The van der Waals surface area contributed by atoms with Gasteiger partial charge >= 0.3 is 0 Å². The van der Waals surface area contributed by atoms with Crippen molar-refractivity contribution in [1.82, 2.24) is 9.71 Å². The zero-order valence-corrected chi connectivity index (χ0v) is 11.7. The summed E-state index contributed by atoms with van der Waals surface area (Å²) in [6.45, 7) is 0.551. The molecule has 108 valence electrons. The van der Waals surface area contributed by atoms with Gasteiger partial charge in [-0.25, -0.2) is 13.1 Å². The van der Waals surface area contributed by atoms with E-state index in [1.54, 1.807) is 0 Å². The average molecular weight is 296 g/mol. The van der Waals surface area contributed by atoms with Crippen LogP contribution in [0.1, 0.15) is 19.3 Å². The number of pyridine rings is 1. The molecule has 0 aromatic carbocycles. The summed E-state index contributed by atoms with van der Waals surface area (Å²) in [5.41, 5.74) is 0. The summed E-state index contributed by atoms with van der Waals surface area (Å²) in [5.74, 6) is -0.569. The average Bonchev–Trinajstić information content (AvgIpc) is 2.80. The molecule has 2 heterocycles. The lowest BCUT2D eigenvalue weighted by atomic mass is 9.80. The molecule has 3 atom stereocenters. The first-order valence-electron chi connectivity index (χ1n) is 6.64. The highest BCUT2D eigenvalue weighted by Gasteiger charge is 2.41. The molecule has 1 saturated carbocycles. The summed E-state index contributed by atoms with van der Waals surface area (Å²) in [5, 5.41) is 0. The van der Waals surface area contributed by atoms with E-state index in [4.69, 9.17) is 4.74 Å². The fourth-order valence-electron chi connectivity index (χ4n) is 2.93. The van der Waals surface area contributed by atoms with Gasteiger partial charge in [0, 0.05) is 18.3 Å². The fourth-order valence-corrected chi connectivity index (χ4v) is 3.93. The van der Waals surface area contributed by atoms with Crippen molar-refractivity contribution >= 4 is 15.9 Å². The zero-order valence-electron chi connectivity index (χ0n) is 10.9. The maximum Gasteiger partial charge on any atom is 0.265 e. The van der Waals surface area contributed by atoms with Gasteiger partial charge in [0.05, 0.1) is 12.7 Å². The Balaban J connectivity index is 1.73. The van der Waals surface area contributed by atoms with Crippen molar-refractivity contribution in [2.24, 2.45) is 11.8 Å². The minimum absolute atomic E-state index is 0.00436. The van der Waals surface area contributed by atoms with E-state index in [0.717, 1.165) is 12.8 Å². The molecule has 1 N–H and O–H groups in total. The fraction of sp³-hybridized carbons (Fsp3) is 0.538. The van der Waals surface area contributed by atoms with Gasteiger partial charge in [0.2, 0.25) is 5.91 Å². The SMILES string of the molecule is O=C(NS(=O)(=O)c1cccnc1)[C@@H]1CC[C@H]2C[C@@H]1CO2. The molecule has 2 aliphatic rings. The van der Waals surface area contributed by atoms with Crippen LogP contribution in [-0.4, -0.2) is 32.0 Å². The van der Waals surface area contributed by atoms with E-state index in [9.17, 15) is 13.2 Å². The van der Waals surface area contributed by atoms with Crippen LogP contribution in [-0.2, 0) is 19.6 Å². The molecule has 0 spiro atoms. The molecule has 6 nitrogen and oxygen atoms in total. The number of fused-ring (bicyclic) bond motifs is 2. The van der Waals surface area contributed by atoms with E-state index >= 15 is 0 Å². The highest BCUT2D eigenvalue weighted by atomic mass is 32.2. The molecule has 0 radical (unpaired) electrons. The third-order valence-electron chi connectivity index (χ3n) is 4.00. The molecular weight excluding hydrogens is 280 g/mol. The molecule has 1 aromatic rings. The monoisotopic (exact) mass is 296 g/mol. The molecule has 7 heteroatoms. The lowest BCUT2D eigenvalue weighted by Crippen LogP contribution is -2.40. The van der Waals surface area contributed by atoms with Crippen molar-refractivity contribution in [3.8, 4) is 0 Å². The van der Waals surface area contributed by atoms with E-state index in [1.165, 1.54) is 24.5 Å². The van der Waals surface area contributed by atoms with Gasteiger partial charge in [0.1, 0.15) is 4.90 Å². The maximum atomic E-state index is 12.2. The summed E-state index contributed by atoms with van der Waals surface area (Å²) in [6, 6.07) is 2.94. The van der Waals surface area contributed by atoms with Crippen LogP contribution in [0, 0.1) is 11.8 Å². The molecule has 2 fully saturated rings. The standard InChI is InChI=1S/C13H16N2O4S/c16-13(12-4-3-10-6-9(12)8-19-10)15-20(17,18)11-2-1-5-14-7-11/h1-2,5,7,9-10,12H,3-4,6,8H2,(H,15,16)/t9-,10+,12-/m1/s1. The van der Waals surface area contributed by atoms with E-state index in [2.05, 4.69) is 9.71 Å². The first kappa shape index (κ1) is 13.5. The van der Waals surface area contributed by atoms with Crippen LogP contribution in [0.15, 0.2) is 29.4 Å². The lowest BCUT2D eigenvalue weighted by Gasteiger charge is -2.25. The van der Waals surface area contributed by atoms with Crippen LogP contribution in [0.5, 0.6) is 0 Å². The molecule has 20 heavy (non-hydrogen) atoms. The maximum absolute atomic E-state index is 12.2. The molecule has 1 saturated heterocycles. The van der Waals surface area contributed by atoms with Crippen LogP contribution in [0.2, 0.25) is 0 Å². The highest BCUT2D eigenvalue weighted by Crippen LogP contribution is 2.37. The number of aromatic nitrogens is 1. The zero-order chi connectivity index (χ0) is 14.2. The number of hydrogen-bond donors (Lipinski definition) is 1. The van der Waals surface area contributed by atoms with Crippen molar-refractivity contribution in [1.29, 1.82) is 0 Å². The third kappa shape index (κ3) is 2.55. The van der Waals surface area contributed by atoms with Gasteiger partial charge in [-0.2, -0.15) is 0 Å². The summed E-state index contributed by atoms with van der Waals surface area (Å²) in [6.07, 6.45) is 5.32. The van der Waals surface area contributed by atoms with Gasteiger partial charge in [0.25, 0.3) is 10.0 Å². The van der Waals surface area contributed by atoms with Crippen LogP contribution < -0.4 is 4.72 Å². The number of carbonyl (C=O) groups excluding carboxylic acids is 1. The Morgan fingerprint density at radius 2 is 2.25 bits per heavy atom. The van der Waals surface area contributed by atoms with Gasteiger partial charge in [-0.1, -0.05) is 0 Å². The summed E-state index contributed by atoms with van der Waals surface area (Å²) >= 11 is 0. The quantitative estimate of drug-likeness (QED) is 0.887. The molecule has 1 aromatic heterocycles. The minimum Gasteiger partial charge on any atom is -0.378 e. The summed E-state index contributed by atoms with van der Waals surface area (Å²) in [4.78, 5) is 16.0. The normalized spacial score (nSPS) is 29.1. The van der Waals surface area contributed by atoms with Crippen LogP contribution in [0.4, 0.5) is 0 Å². The Kier molecular flexibility index (Phi) is 3.47. The number of carbonyl (C=O) groups is 1. The van der Waals surface area contributed by atoms with E-state index in [1.807, 2.05) is 0 Å². The van der Waals surface area contributed by atoms with Crippen molar-refractivity contribution in [3.05, 3.63) is 24.5 Å².